The summed E-state index contributed by atoms with van der Waals surface area (Å²) >= 11 is 0. The molecule has 0 bridgehead atoms. The van der Waals surface area contributed by atoms with Crippen molar-refractivity contribution in [2.24, 2.45) is 11.7 Å². The fourth-order valence-corrected chi connectivity index (χ4v) is 2.70. The first-order valence-corrected chi connectivity index (χ1v) is 7.02. The van der Waals surface area contributed by atoms with Gasteiger partial charge in [0.05, 0.1) is 6.54 Å². The van der Waals surface area contributed by atoms with Gasteiger partial charge >= 0.3 is 0 Å². The van der Waals surface area contributed by atoms with E-state index in [1.165, 1.54) is 12.1 Å². The molecule has 4 nitrogen and oxygen atoms in total. The monoisotopic (exact) mass is 279 g/mol. The summed E-state index contributed by atoms with van der Waals surface area (Å²) in [7, 11) is 0. The quantitative estimate of drug-likeness (QED) is 0.868. The van der Waals surface area contributed by atoms with Crippen molar-refractivity contribution in [1.29, 1.82) is 0 Å². The summed E-state index contributed by atoms with van der Waals surface area (Å²) in [6, 6.07) is 6.30. The van der Waals surface area contributed by atoms with E-state index >= 15 is 0 Å². The van der Waals surface area contributed by atoms with E-state index in [2.05, 4.69) is 17.1 Å². The molecular weight excluding hydrogens is 257 g/mol. The van der Waals surface area contributed by atoms with Crippen molar-refractivity contribution in [3.63, 3.8) is 0 Å². The summed E-state index contributed by atoms with van der Waals surface area (Å²) in [5, 5.41) is 2.85. The lowest BCUT2D eigenvalue weighted by Crippen LogP contribution is -2.49. The zero-order valence-electron chi connectivity index (χ0n) is 11.8. The molecule has 1 aliphatic heterocycles. The van der Waals surface area contributed by atoms with Gasteiger partial charge in [0.2, 0.25) is 5.91 Å². The number of benzene rings is 1. The van der Waals surface area contributed by atoms with Crippen LogP contribution in [0, 0.1) is 11.7 Å². The zero-order chi connectivity index (χ0) is 14.5. The van der Waals surface area contributed by atoms with Crippen molar-refractivity contribution in [2.45, 2.75) is 25.9 Å². The highest BCUT2D eigenvalue weighted by atomic mass is 19.1. The molecule has 2 rings (SSSR count). The number of nitrogens with zero attached hydrogens (tertiary/aromatic N) is 1. The van der Waals surface area contributed by atoms with Crippen LogP contribution in [-0.2, 0) is 11.3 Å². The fourth-order valence-electron chi connectivity index (χ4n) is 2.70. The average molecular weight is 279 g/mol. The molecule has 0 radical (unpaired) electrons. The van der Waals surface area contributed by atoms with Gasteiger partial charge in [-0.05, 0) is 30.0 Å². The minimum Gasteiger partial charge on any atom is -0.351 e. The molecule has 1 aliphatic rings. The largest absolute Gasteiger partial charge is 0.351 e. The van der Waals surface area contributed by atoms with Crippen molar-refractivity contribution >= 4 is 5.91 Å². The number of piperidine rings is 1. The Kier molecular flexibility index (Phi) is 5.09. The predicted octanol–water partition coefficient (Wildman–Crippen LogP) is 1.11. The lowest BCUT2D eigenvalue weighted by molar-refractivity contribution is -0.122. The van der Waals surface area contributed by atoms with Gasteiger partial charge in [0, 0.05) is 25.7 Å². The Morgan fingerprint density at radius 3 is 2.75 bits per heavy atom. The second kappa shape index (κ2) is 6.81. The summed E-state index contributed by atoms with van der Waals surface area (Å²) in [6.45, 7) is 4.64. The Morgan fingerprint density at radius 1 is 1.40 bits per heavy atom. The Bertz CT molecular complexity index is 439. The van der Waals surface area contributed by atoms with E-state index < -0.39 is 0 Å². The van der Waals surface area contributed by atoms with Gasteiger partial charge in [-0.25, -0.2) is 4.39 Å². The number of nitrogens with two attached hydrogens (primary N) is 1. The van der Waals surface area contributed by atoms with Crippen LogP contribution in [0.5, 0.6) is 0 Å². The van der Waals surface area contributed by atoms with Crippen LogP contribution in [0.3, 0.4) is 0 Å². The lowest BCUT2D eigenvalue weighted by Gasteiger charge is -2.34. The molecule has 1 aromatic carbocycles. The van der Waals surface area contributed by atoms with E-state index in [0.717, 1.165) is 25.1 Å². The van der Waals surface area contributed by atoms with Gasteiger partial charge in [-0.3, -0.25) is 9.69 Å². The summed E-state index contributed by atoms with van der Waals surface area (Å²) in [6.07, 6.45) is 1.02. The number of likely N-dealkylation sites (tertiary alicyclic amines) is 1. The van der Waals surface area contributed by atoms with Crippen molar-refractivity contribution < 1.29 is 9.18 Å². The highest BCUT2D eigenvalue weighted by Gasteiger charge is 2.23. The molecule has 2 atom stereocenters. The molecule has 1 heterocycles. The van der Waals surface area contributed by atoms with Crippen LogP contribution in [0.1, 0.15) is 18.9 Å². The molecular formula is C15H22FN3O. The standard InChI is InChI=1S/C15H22FN3O/c1-11-6-14(17)9-19(8-11)10-15(20)18-7-12-2-4-13(16)5-3-12/h2-5,11,14H,6-10,17H2,1H3,(H,18,20). The van der Waals surface area contributed by atoms with Gasteiger partial charge < -0.3 is 11.1 Å². The van der Waals surface area contributed by atoms with Crippen LogP contribution in [0.4, 0.5) is 4.39 Å². The lowest BCUT2D eigenvalue weighted by atomic mass is 9.97. The molecule has 20 heavy (non-hydrogen) atoms. The Morgan fingerprint density at radius 2 is 2.10 bits per heavy atom. The molecule has 1 amide bonds. The van der Waals surface area contributed by atoms with Crippen LogP contribution in [0.15, 0.2) is 24.3 Å². The first-order valence-electron chi connectivity index (χ1n) is 7.02. The van der Waals surface area contributed by atoms with Gasteiger partial charge in [0.15, 0.2) is 0 Å². The average Bonchev–Trinajstić information content (AvgIpc) is 2.37. The van der Waals surface area contributed by atoms with Crippen molar-refractivity contribution in [3.8, 4) is 0 Å². The van der Waals surface area contributed by atoms with Gasteiger partial charge in [-0.2, -0.15) is 0 Å². The molecule has 0 spiro atoms. The molecule has 110 valence electrons. The van der Waals surface area contributed by atoms with Gasteiger partial charge in [0.25, 0.3) is 0 Å². The van der Waals surface area contributed by atoms with Crippen LogP contribution in [0.2, 0.25) is 0 Å². The van der Waals surface area contributed by atoms with Gasteiger partial charge in [-0.1, -0.05) is 19.1 Å². The molecule has 3 N–H and O–H groups in total. The molecule has 1 fully saturated rings. The minimum absolute atomic E-state index is 0.0179. The first kappa shape index (κ1) is 14.9. The third-order valence-corrected chi connectivity index (χ3v) is 3.54. The molecule has 0 aliphatic carbocycles. The van der Waals surface area contributed by atoms with Crippen LogP contribution in [0.25, 0.3) is 0 Å². The third kappa shape index (κ3) is 4.58. The number of hydrogen-bond acceptors (Lipinski definition) is 3. The van der Waals surface area contributed by atoms with Crippen molar-refractivity contribution in [1.82, 2.24) is 10.2 Å². The number of carbonyl (C=O) groups is 1. The number of carbonyl (C=O) groups excluding carboxylic acids is 1. The number of hydrogen-bond donors (Lipinski definition) is 2. The number of rotatable bonds is 4. The van der Waals surface area contributed by atoms with E-state index in [1.54, 1.807) is 12.1 Å². The smallest absolute Gasteiger partial charge is 0.234 e. The minimum atomic E-state index is -0.267. The van der Waals surface area contributed by atoms with E-state index in [4.69, 9.17) is 5.73 Å². The highest BCUT2D eigenvalue weighted by Crippen LogP contribution is 2.14. The maximum absolute atomic E-state index is 12.8. The number of halogens is 1. The fraction of sp³-hybridized carbons (Fsp3) is 0.533. The summed E-state index contributed by atoms with van der Waals surface area (Å²) in [5.41, 5.74) is 6.85. The van der Waals surface area contributed by atoms with Gasteiger partial charge in [0.1, 0.15) is 5.82 Å². The van der Waals surface area contributed by atoms with E-state index in [1.807, 2.05) is 0 Å². The van der Waals surface area contributed by atoms with Crippen molar-refractivity contribution in [3.05, 3.63) is 35.6 Å². The molecule has 0 saturated carbocycles. The normalized spacial score (nSPS) is 23.6. The van der Waals surface area contributed by atoms with E-state index in [9.17, 15) is 9.18 Å². The van der Waals surface area contributed by atoms with E-state index in [0.29, 0.717) is 19.0 Å². The van der Waals surface area contributed by atoms with E-state index in [-0.39, 0.29) is 17.8 Å². The second-order valence-corrected chi connectivity index (χ2v) is 5.70. The molecule has 0 aromatic heterocycles. The highest BCUT2D eigenvalue weighted by molar-refractivity contribution is 5.78. The van der Waals surface area contributed by atoms with Crippen LogP contribution >= 0.6 is 0 Å². The Labute approximate surface area is 119 Å². The number of nitrogens with one attached hydrogen (secondary N) is 1. The predicted molar refractivity (Wildman–Crippen MR) is 76.4 cm³/mol. The van der Waals surface area contributed by atoms with Gasteiger partial charge in [-0.15, -0.1) is 0 Å². The molecule has 2 unspecified atom stereocenters. The third-order valence-electron chi connectivity index (χ3n) is 3.54. The maximum atomic E-state index is 12.8. The van der Waals surface area contributed by atoms with Crippen LogP contribution in [-0.4, -0.2) is 36.5 Å². The Hall–Kier alpha value is -1.46. The SMILES string of the molecule is CC1CC(N)CN(CC(=O)NCc2ccc(F)cc2)C1. The second-order valence-electron chi connectivity index (χ2n) is 5.70. The maximum Gasteiger partial charge on any atom is 0.234 e. The summed E-state index contributed by atoms with van der Waals surface area (Å²) in [4.78, 5) is 14.0. The van der Waals surface area contributed by atoms with Crippen LogP contribution < -0.4 is 11.1 Å². The number of amides is 1. The molecule has 1 saturated heterocycles. The molecule has 5 heteroatoms. The molecule has 1 aromatic rings. The van der Waals surface area contributed by atoms with Crippen molar-refractivity contribution in [2.75, 3.05) is 19.6 Å². The zero-order valence-corrected chi connectivity index (χ0v) is 11.8. The Balaban J connectivity index is 1.76. The topological polar surface area (TPSA) is 58.4 Å². The summed E-state index contributed by atoms with van der Waals surface area (Å²) in [5.74, 6) is 0.246. The first-order chi connectivity index (χ1) is 9.52. The summed E-state index contributed by atoms with van der Waals surface area (Å²) < 4.78 is 12.8.